The number of hydrogen-bond donors (Lipinski definition) is 0. The summed E-state index contributed by atoms with van der Waals surface area (Å²) in [5.74, 6) is 2.45. The van der Waals surface area contributed by atoms with Crippen LogP contribution in [0.2, 0.25) is 0 Å². The van der Waals surface area contributed by atoms with Crippen LogP contribution in [0.3, 0.4) is 0 Å². The highest BCUT2D eigenvalue weighted by atomic mass is 16.7. The third kappa shape index (κ3) is 2.39. The highest BCUT2D eigenvalue weighted by Crippen LogP contribution is 2.60. The van der Waals surface area contributed by atoms with Crippen molar-refractivity contribution < 1.29 is 14.4 Å². The molecule has 0 aromatic heterocycles. The van der Waals surface area contributed by atoms with E-state index in [1.54, 1.807) is 7.05 Å². The molecule has 5 aliphatic rings. The summed E-state index contributed by atoms with van der Waals surface area (Å²) in [6.45, 7) is 0.731. The van der Waals surface area contributed by atoms with Crippen LogP contribution in [0.25, 0.3) is 0 Å². The first-order valence-corrected chi connectivity index (χ1v) is 9.15. The van der Waals surface area contributed by atoms with E-state index < -0.39 is 0 Å². The number of nitrogens with zero attached hydrogens (tertiary/aromatic N) is 2. The lowest BCUT2D eigenvalue weighted by molar-refractivity contribution is -0.178. The Hall–Kier alpha value is -1.10. The Morgan fingerprint density at radius 2 is 1.65 bits per heavy atom. The average Bonchev–Trinajstić information content (AvgIpc) is 3.00. The lowest BCUT2D eigenvalue weighted by Gasteiger charge is -2.56. The van der Waals surface area contributed by atoms with E-state index in [-0.39, 0.29) is 23.3 Å². The van der Waals surface area contributed by atoms with Crippen LogP contribution in [-0.2, 0) is 14.4 Å². The van der Waals surface area contributed by atoms with E-state index in [0.29, 0.717) is 0 Å². The minimum atomic E-state index is -0.319. The van der Waals surface area contributed by atoms with E-state index in [2.05, 4.69) is 0 Å². The number of hydroxylamine groups is 2. The molecule has 1 heterocycles. The van der Waals surface area contributed by atoms with Crippen LogP contribution in [0.15, 0.2) is 0 Å². The van der Waals surface area contributed by atoms with E-state index in [9.17, 15) is 9.59 Å². The minimum Gasteiger partial charge on any atom is -0.330 e. The average molecular weight is 320 g/mol. The molecule has 4 bridgehead atoms. The third-order valence-corrected chi connectivity index (χ3v) is 6.87. The van der Waals surface area contributed by atoms with Crippen LogP contribution in [-0.4, -0.2) is 48.5 Å². The monoisotopic (exact) mass is 320 g/mol. The zero-order valence-corrected chi connectivity index (χ0v) is 14.3. The molecule has 23 heavy (non-hydrogen) atoms. The van der Waals surface area contributed by atoms with Gasteiger partial charge in [0.2, 0.25) is 5.91 Å². The molecule has 0 unspecified atom stereocenters. The number of carbonyl (C=O) groups is 2. The first-order valence-electron chi connectivity index (χ1n) is 9.15. The molecule has 0 aromatic rings. The van der Waals surface area contributed by atoms with Crippen molar-refractivity contribution in [1.82, 2.24) is 9.96 Å². The van der Waals surface area contributed by atoms with Crippen LogP contribution >= 0.6 is 0 Å². The number of likely N-dealkylation sites (N-methyl/N-ethyl adjacent to an activating group) is 1. The van der Waals surface area contributed by atoms with Crippen LogP contribution < -0.4 is 0 Å². The topological polar surface area (TPSA) is 49.9 Å². The van der Waals surface area contributed by atoms with Gasteiger partial charge in [0, 0.05) is 13.6 Å². The first kappa shape index (κ1) is 15.4. The van der Waals surface area contributed by atoms with Crippen molar-refractivity contribution >= 4 is 11.8 Å². The molecule has 5 heteroatoms. The predicted molar refractivity (Wildman–Crippen MR) is 85.1 cm³/mol. The molecule has 4 aliphatic carbocycles. The molecule has 128 valence electrons. The fourth-order valence-corrected chi connectivity index (χ4v) is 6.24. The molecule has 1 atom stereocenters. The second-order valence-electron chi connectivity index (χ2n) is 8.37. The number of likely N-dealkylation sites (tertiary alicyclic amines) is 1. The lowest BCUT2D eigenvalue weighted by atomic mass is 9.49. The quantitative estimate of drug-likeness (QED) is 0.749. The first-order chi connectivity index (χ1) is 11.0. The van der Waals surface area contributed by atoms with Gasteiger partial charge in [-0.25, -0.2) is 5.06 Å². The van der Waals surface area contributed by atoms with E-state index in [4.69, 9.17) is 4.84 Å². The van der Waals surface area contributed by atoms with E-state index >= 15 is 0 Å². The summed E-state index contributed by atoms with van der Waals surface area (Å²) in [7, 11) is 3.13. The van der Waals surface area contributed by atoms with Crippen LogP contribution in [0, 0.1) is 23.2 Å². The highest BCUT2D eigenvalue weighted by Gasteiger charge is 2.56. The van der Waals surface area contributed by atoms with Crippen molar-refractivity contribution in [2.75, 3.05) is 20.7 Å². The van der Waals surface area contributed by atoms with Gasteiger partial charge in [0.05, 0.1) is 12.5 Å². The molecule has 0 N–H and O–H groups in total. The van der Waals surface area contributed by atoms with Gasteiger partial charge in [-0.05, 0) is 69.1 Å². The largest absolute Gasteiger partial charge is 0.330 e. The summed E-state index contributed by atoms with van der Waals surface area (Å²) in [6.07, 6.45) is 8.89. The van der Waals surface area contributed by atoms with Crippen molar-refractivity contribution in [3.8, 4) is 0 Å². The number of amides is 2. The molecule has 5 nitrogen and oxygen atoms in total. The van der Waals surface area contributed by atoms with Crippen molar-refractivity contribution in [3.63, 3.8) is 0 Å². The van der Waals surface area contributed by atoms with Crippen molar-refractivity contribution in [1.29, 1.82) is 0 Å². The Balaban J connectivity index is 1.55. The molecule has 1 saturated heterocycles. The van der Waals surface area contributed by atoms with Gasteiger partial charge < -0.3 is 4.90 Å². The zero-order valence-electron chi connectivity index (χ0n) is 14.3. The fourth-order valence-electron chi connectivity index (χ4n) is 6.24. The van der Waals surface area contributed by atoms with Crippen molar-refractivity contribution in [2.24, 2.45) is 23.2 Å². The van der Waals surface area contributed by atoms with Gasteiger partial charge in [0.1, 0.15) is 6.04 Å². The Labute approximate surface area is 138 Å². The molecule has 1 aliphatic heterocycles. The number of hydrogen-bond acceptors (Lipinski definition) is 3. The van der Waals surface area contributed by atoms with Gasteiger partial charge >= 0.3 is 0 Å². The molecule has 5 fully saturated rings. The third-order valence-electron chi connectivity index (χ3n) is 6.87. The van der Waals surface area contributed by atoms with Gasteiger partial charge in [-0.1, -0.05) is 0 Å². The van der Waals surface area contributed by atoms with Gasteiger partial charge in [-0.15, -0.1) is 0 Å². The number of rotatable bonds is 3. The normalized spacial score (nSPS) is 41.4. The second-order valence-corrected chi connectivity index (χ2v) is 8.37. The molecule has 0 spiro atoms. The molecular weight excluding hydrogens is 292 g/mol. The molecule has 5 rings (SSSR count). The Morgan fingerprint density at radius 1 is 1.09 bits per heavy atom. The van der Waals surface area contributed by atoms with Crippen molar-refractivity contribution in [3.05, 3.63) is 0 Å². The summed E-state index contributed by atoms with van der Waals surface area (Å²) >= 11 is 0. The van der Waals surface area contributed by atoms with E-state index in [0.717, 1.165) is 56.4 Å². The summed E-state index contributed by atoms with van der Waals surface area (Å²) < 4.78 is 0. The summed E-state index contributed by atoms with van der Waals surface area (Å²) in [4.78, 5) is 32.9. The standard InChI is InChI=1S/C18H28N2O3/c1-19(23-2)16(21)15-4-3-5-20(15)17(22)18-9-12-6-13(10-18)8-14(7-12)11-18/h12-15H,3-11H2,1-2H3/t12?,13?,14?,15-,18?/m1/s1. The summed E-state index contributed by atoms with van der Waals surface area (Å²) in [5, 5.41) is 1.27. The maximum atomic E-state index is 13.4. The lowest BCUT2D eigenvalue weighted by Crippen LogP contribution is -2.57. The summed E-state index contributed by atoms with van der Waals surface area (Å²) in [5.41, 5.74) is -0.150. The van der Waals surface area contributed by atoms with Gasteiger partial charge in [-0.3, -0.25) is 14.4 Å². The maximum Gasteiger partial charge on any atom is 0.268 e. The predicted octanol–water partition coefficient (Wildman–Crippen LogP) is 2.21. The Morgan fingerprint density at radius 3 is 2.17 bits per heavy atom. The molecule has 0 radical (unpaired) electrons. The Kier molecular flexibility index (Phi) is 3.67. The van der Waals surface area contributed by atoms with E-state index in [1.807, 2.05) is 4.90 Å². The van der Waals surface area contributed by atoms with Crippen LogP contribution in [0.5, 0.6) is 0 Å². The fraction of sp³-hybridized carbons (Fsp3) is 0.889. The van der Waals surface area contributed by atoms with E-state index in [1.165, 1.54) is 31.4 Å². The number of carbonyl (C=O) groups excluding carboxylic acids is 2. The highest BCUT2D eigenvalue weighted by molar-refractivity contribution is 5.90. The Bertz CT molecular complexity index is 483. The maximum absolute atomic E-state index is 13.4. The smallest absolute Gasteiger partial charge is 0.268 e. The molecule has 4 saturated carbocycles. The second kappa shape index (κ2) is 5.47. The van der Waals surface area contributed by atoms with Crippen LogP contribution in [0.4, 0.5) is 0 Å². The molecule has 2 amide bonds. The molecule has 0 aromatic carbocycles. The van der Waals surface area contributed by atoms with Gasteiger partial charge in [-0.2, -0.15) is 0 Å². The van der Waals surface area contributed by atoms with Gasteiger partial charge in [0.15, 0.2) is 0 Å². The molecular formula is C18H28N2O3. The van der Waals surface area contributed by atoms with Crippen molar-refractivity contribution in [2.45, 2.75) is 57.4 Å². The van der Waals surface area contributed by atoms with Crippen LogP contribution in [0.1, 0.15) is 51.4 Å². The minimum absolute atomic E-state index is 0.0805. The SMILES string of the molecule is CON(C)C(=O)[C@H]1CCCN1C(=O)C12CC3CC(CC(C3)C1)C2. The van der Waals surface area contributed by atoms with Gasteiger partial charge in [0.25, 0.3) is 5.91 Å². The summed E-state index contributed by atoms with van der Waals surface area (Å²) in [6, 6.07) is -0.319. The zero-order chi connectivity index (χ0) is 16.2.